The van der Waals surface area contributed by atoms with Crippen LogP contribution in [0.4, 0.5) is 5.69 Å². The molecule has 1 saturated carbocycles. The molecule has 0 saturated heterocycles. The minimum absolute atomic E-state index is 0.0228. The fraction of sp³-hybridized carbons (Fsp3) is 0.444. The molecule has 2 aromatic carbocycles. The average Bonchev–Trinajstić information content (AvgIpc) is 3.06. The molecule has 4 rings (SSSR count). The summed E-state index contributed by atoms with van der Waals surface area (Å²) in [6, 6.07) is 16.4. The van der Waals surface area contributed by atoms with Crippen LogP contribution in [0, 0.1) is 11.8 Å². The second kappa shape index (κ2) is 9.51. The first kappa shape index (κ1) is 20.7. The summed E-state index contributed by atoms with van der Waals surface area (Å²) >= 11 is 0. The Morgan fingerprint density at radius 2 is 1.93 bits per heavy atom. The maximum absolute atomic E-state index is 11.4. The number of rotatable bonds is 6. The molecule has 2 unspecified atom stereocenters. The number of carbonyl (C=O) groups is 1. The predicted octanol–water partition coefficient (Wildman–Crippen LogP) is 6.85. The summed E-state index contributed by atoms with van der Waals surface area (Å²) in [6.45, 7) is 3.82. The monoisotopic (exact) mass is 403 g/mol. The number of anilines is 1. The smallest absolute Gasteiger partial charge is 0.221 e. The number of allylic oxidation sites excluding steroid dienone is 1. The Bertz CT molecular complexity index is 907. The molecule has 0 bridgehead atoms. The van der Waals surface area contributed by atoms with E-state index in [4.69, 9.17) is 4.74 Å². The first-order valence-electron chi connectivity index (χ1n) is 11.4. The molecule has 2 atom stereocenters. The normalized spacial score (nSPS) is 23.0. The van der Waals surface area contributed by atoms with Gasteiger partial charge < -0.3 is 10.1 Å². The molecule has 0 heterocycles. The third-order valence-electron chi connectivity index (χ3n) is 6.52. The van der Waals surface area contributed by atoms with Gasteiger partial charge in [-0.1, -0.05) is 61.7 Å². The Kier molecular flexibility index (Phi) is 6.56. The fourth-order valence-electron chi connectivity index (χ4n) is 5.10. The number of amides is 1. The molecule has 3 heteroatoms. The van der Waals surface area contributed by atoms with Crippen LogP contribution >= 0.6 is 0 Å². The molecular weight excluding hydrogens is 370 g/mol. The summed E-state index contributed by atoms with van der Waals surface area (Å²) in [5, 5.41) is 2.85. The molecule has 0 spiro atoms. The Balaban J connectivity index is 1.53. The summed E-state index contributed by atoms with van der Waals surface area (Å²) in [4.78, 5) is 11.4. The number of fused-ring (bicyclic) bond motifs is 1. The Morgan fingerprint density at radius 1 is 1.13 bits per heavy atom. The molecule has 0 aromatic heterocycles. The quantitative estimate of drug-likeness (QED) is 0.535. The average molecular weight is 404 g/mol. The van der Waals surface area contributed by atoms with Crippen molar-refractivity contribution in [2.24, 2.45) is 11.8 Å². The molecule has 158 valence electrons. The van der Waals surface area contributed by atoms with Crippen LogP contribution in [-0.4, -0.2) is 5.91 Å². The third-order valence-corrected chi connectivity index (χ3v) is 6.52. The molecule has 1 amide bonds. The predicted molar refractivity (Wildman–Crippen MR) is 123 cm³/mol. The highest BCUT2D eigenvalue weighted by Gasteiger charge is 2.33. The second-order valence-electron chi connectivity index (χ2n) is 8.87. The first-order chi connectivity index (χ1) is 14.6. The minimum atomic E-state index is -0.0698. The summed E-state index contributed by atoms with van der Waals surface area (Å²) in [6.07, 6.45) is 11.4. The summed E-state index contributed by atoms with van der Waals surface area (Å²) in [5.41, 5.74) is 5.07. The zero-order valence-electron chi connectivity index (χ0n) is 18.2. The lowest BCUT2D eigenvalue weighted by molar-refractivity contribution is -0.114. The lowest BCUT2D eigenvalue weighted by Gasteiger charge is -2.26. The van der Waals surface area contributed by atoms with Crippen molar-refractivity contribution in [3.8, 4) is 5.75 Å². The molecule has 3 nitrogen and oxygen atoms in total. The van der Waals surface area contributed by atoms with Gasteiger partial charge in [-0.3, -0.25) is 4.79 Å². The van der Waals surface area contributed by atoms with E-state index >= 15 is 0 Å². The highest BCUT2D eigenvalue weighted by Crippen LogP contribution is 2.42. The summed E-state index contributed by atoms with van der Waals surface area (Å²) < 4.78 is 6.54. The molecule has 2 aliphatic carbocycles. The van der Waals surface area contributed by atoms with Gasteiger partial charge in [-0.25, -0.2) is 0 Å². The van der Waals surface area contributed by atoms with Crippen LogP contribution in [-0.2, 0) is 11.2 Å². The number of nitrogens with one attached hydrogen (secondary N) is 1. The number of carbonyl (C=O) groups excluding carboxylic acids is 1. The summed E-state index contributed by atoms with van der Waals surface area (Å²) in [7, 11) is 0. The maximum Gasteiger partial charge on any atom is 0.221 e. The van der Waals surface area contributed by atoms with Gasteiger partial charge in [0.1, 0.15) is 11.9 Å². The number of ether oxygens (including phenoxy) is 1. The molecule has 30 heavy (non-hydrogen) atoms. The Morgan fingerprint density at radius 3 is 2.70 bits per heavy atom. The van der Waals surface area contributed by atoms with Crippen LogP contribution in [0.5, 0.6) is 5.75 Å². The molecule has 2 aliphatic rings. The Hall–Kier alpha value is -2.55. The van der Waals surface area contributed by atoms with Gasteiger partial charge in [0.2, 0.25) is 5.91 Å². The van der Waals surface area contributed by atoms with Crippen LogP contribution in [0.1, 0.15) is 69.6 Å². The zero-order chi connectivity index (χ0) is 20.9. The van der Waals surface area contributed by atoms with E-state index < -0.39 is 0 Å². The fourth-order valence-corrected chi connectivity index (χ4v) is 5.10. The van der Waals surface area contributed by atoms with E-state index in [1.807, 2.05) is 24.3 Å². The lowest BCUT2D eigenvalue weighted by atomic mass is 9.82. The van der Waals surface area contributed by atoms with Gasteiger partial charge in [0.25, 0.3) is 0 Å². The highest BCUT2D eigenvalue weighted by atomic mass is 16.5. The Labute approximate surface area is 180 Å². The van der Waals surface area contributed by atoms with Crippen molar-refractivity contribution in [3.63, 3.8) is 0 Å². The van der Waals surface area contributed by atoms with E-state index in [0.29, 0.717) is 5.92 Å². The first-order valence-corrected chi connectivity index (χ1v) is 11.4. The zero-order valence-corrected chi connectivity index (χ0v) is 18.2. The van der Waals surface area contributed by atoms with Crippen molar-refractivity contribution >= 4 is 11.6 Å². The lowest BCUT2D eigenvalue weighted by Crippen LogP contribution is -2.15. The molecule has 0 aliphatic heterocycles. The van der Waals surface area contributed by atoms with Crippen molar-refractivity contribution in [2.45, 2.75) is 64.9 Å². The molecule has 1 N–H and O–H groups in total. The van der Waals surface area contributed by atoms with Crippen molar-refractivity contribution in [1.82, 2.24) is 0 Å². The van der Waals surface area contributed by atoms with E-state index in [9.17, 15) is 4.79 Å². The molecule has 2 aromatic rings. The SMILES string of the molecule is CCCC1CCC(=CC2Cc3ccccc3C2Oc2cccc(NC(C)=O)c2)CC1. The van der Waals surface area contributed by atoms with Crippen LogP contribution in [0.25, 0.3) is 0 Å². The second-order valence-corrected chi connectivity index (χ2v) is 8.87. The minimum Gasteiger partial charge on any atom is -0.485 e. The summed E-state index contributed by atoms with van der Waals surface area (Å²) in [5.74, 6) is 2.01. The van der Waals surface area contributed by atoms with Crippen LogP contribution in [0.15, 0.2) is 60.2 Å². The van der Waals surface area contributed by atoms with Crippen molar-refractivity contribution in [2.75, 3.05) is 5.32 Å². The maximum atomic E-state index is 11.4. The molecule has 0 radical (unpaired) electrons. The number of hydrogen-bond donors (Lipinski definition) is 1. The van der Waals surface area contributed by atoms with E-state index in [1.165, 1.54) is 56.6 Å². The largest absolute Gasteiger partial charge is 0.485 e. The van der Waals surface area contributed by atoms with Gasteiger partial charge >= 0.3 is 0 Å². The van der Waals surface area contributed by atoms with Gasteiger partial charge in [-0.15, -0.1) is 0 Å². The molecule has 1 fully saturated rings. The van der Waals surface area contributed by atoms with E-state index in [0.717, 1.165) is 23.8 Å². The van der Waals surface area contributed by atoms with Gasteiger partial charge in [-0.05, 0) is 61.3 Å². The van der Waals surface area contributed by atoms with Gasteiger partial charge in [0.15, 0.2) is 0 Å². The van der Waals surface area contributed by atoms with E-state index in [1.54, 1.807) is 5.57 Å². The van der Waals surface area contributed by atoms with Crippen molar-refractivity contribution in [1.29, 1.82) is 0 Å². The van der Waals surface area contributed by atoms with Crippen molar-refractivity contribution in [3.05, 3.63) is 71.3 Å². The van der Waals surface area contributed by atoms with Gasteiger partial charge in [-0.2, -0.15) is 0 Å². The third kappa shape index (κ3) is 4.95. The van der Waals surface area contributed by atoms with Crippen LogP contribution < -0.4 is 10.1 Å². The number of hydrogen-bond acceptors (Lipinski definition) is 2. The van der Waals surface area contributed by atoms with Crippen molar-refractivity contribution < 1.29 is 9.53 Å². The van der Waals surface area contributed by atoms with Crippen LogP contribution in [0.2, 0.25) is 0 Å². The standard InChI is InChI=1S/C27H33NO2/c1-3-7-20-12-14-21(15-13-20)16-23-17-22-8-4-5-11-26(22)27(23)30-25-10-6-9-24(18-25)28-19(2)29/h4-6,8-11,16,18,20,23,27H,3,7,12-15,17H2,1-2H3,(H,28,29). The topological polar surface area (TPSA) is 38.3 Å². The number of benzene rings is 2. The highest BCUT2D eigenvalue weighted by molar-refractivity contribution is 5.88. The van der Waals surface area contributed by atoms with Crippen LogP contribution in [0.3, 0.4) is 0 Å². The van der Waals surface area contributed by atoms with E-state index in [2.05, 4.69) is 42.6 Å². The van der Waals surface area contributed by atoms with Gasteiger partial charge in [0, 0.05) is 24.6 Å². The van der Waals surface area contributed by atoms with E-state index in [-0.39, 0.29) is 12.0 Å². The molecular formula is C27H33NO2. The van der Waals surface area contributed by atoms with Gasteiger partial charge in [0.05, 0.1) is 0 Å².